The van der Waals surface area contributed by atoms with Crippen molar-refractivity contribution >= 4 is 41.0 Å². The first-order valence-corrected chi connectivity index (χ1v) is 12.0. The van der Waals surface area contributed by atoms with E-state index in [0.29, 0.717) is 9.92 Å². The van der Waals surface area contributed by atoms with E-state index < -0.39 is 16.7 Å². The van der Waals surface area contributed by atoms with Crippen molar-refractivity contribution in [1.29, 1.82) is 0 Å². The van der Waals surface area contributed by atoms with Gasteiger partial charge in [0.2, 0.25) is 4.75 Å². The summed E-state index contributed by atoms with van der Waals surface area (Å²) < 4.78 is 8.69. The minimum Gasteiger partial charge on any atom is -0.468 e. The molecule has 178 valence electrons. The predicted octanol–water partition coefficient (Wildman–Crippen LogP) is 6.09. The Kier molecular flexibility index (Phi) is 8.64. The Labute approximate surface area is 210 Å². The zero-order chi connectivity index (χ0) is 24.7. The van der Waals surface area contributed by atoms with E-state index in [1.807, 2.05) is 68.6 Å². The van der Waals surface area contributed by atoms with Crippen molar-refractivity contribution < 1.29 is 19.1 Å². The summed E-state index contributed by atoms with van der Waals surface area (Å²) in [6.07, 6.45) is 0.119. The van der Waals surface area contributed by atoms with Crippen molar-refractivity contribution in [2.75, 3.05) is 26.2 Å². The molecule has 0 fully saturated rings. The van der Waals surface area contributed by atoms with Crippen molar-refractivity contribution in [2.24, 2.45) is 0 Å². The number of ether oxygens (including phenoxy) is 2. The first-order chi connectivity index (χ1) is 16.3. The van der Waals surface area contributed by atoms with Crippen molar-refractivity contribution in [2.45, 2.75) is 29.0 Å². The smallest absolute Gasteiger partial charge is 0.334 e. The molecule has 7 heteroatoms. The van der Waals surface area contributed by atoms with Crippen LogP contribution in [0.1, 0.15) is 23.6 Å². The van der Waals surface area contributed by atoms with Gasteiger partial charge in [-0.15, -0.1) is 0 Å². The quantitative estimate of drug-likeness (QED) is 0.202. The summed E-state index contributed by atoms with van der Waals surface area (Å²) in [4.78, 5) is 29.3. The van der Waals surface area contributed by atoms with Crippen molar-refractivity contribution in [3.05, 3.63) is 95.0 Å². The molecule has 3 rings (SSSR count). The molecule has 34 heavy (non-hydrogen) atoms. The maximum Gasteiger partial charge on any atom is 0.334 e. The van der Waals surface area contributed by atoms with Gasteiger partial charge >= 0.3 is 11.9 Å². The topological polar surface area (TPSA) is 55.8 Å². The summed E-state index contributed by atoms with van der Waals surface area (Å²) in [6, 6.07) is 24.6. The number of carbonyl (C=O) groups is 2. The average Bonchev–Trinajstić information content (AvgIpc) is 2.87. The first kappa shape index (κ1) is 25.7. The molecule has 0 bridgehead atoms. The van der Waals surface area contributed by atoms with E-state index in [0.717, 1.165) is 28.6 Å². The number of hydrogen-bond acceptors (Lipinski definition) is 6. The van der Waals surface area contributed by atoms with Crippen LogP contribution in [0, 0.1) is 6.92 Å². The summed E-state index contributed by atoms with van der Waals surface area (Å²) in [6.45, 7) is 2.03. The molecule has 0 spiro atoms. The normalized spacial score (nSPS) is 12.0. The highest BCUT2D eigenvalue weighted by atomic mass is 35.5. The fraction of sp³-hybridized carbons (Fsp3) is 0.259. The number of aryl methyl sites for hydroxylation is 1. The monoisotopic (exact) mass is 497 g/mol. The molecule has 0 aromatic heterocycles. The van der Waals surface area contributed by atoms with E-state index in [9.17, 15) is 9.59 Å². The lowest BCUT2D eigenvalue weighted by molar-refractivity contribution is -0.156. The van der Waals surface area contributed by atoms with Crippen LogP contribution in [-0.2, 0) is 19.1 Å². The second kappa shape index (κ2) is 11.4. The average molecular weight is 498 g/mol. The molecule has 3 aromatic rings. The van der Waals surface area contributed by atoms with Crippen LogP contribution < -0.4 is 4.90 Å². The fourth-order valence-corrected chi connectivity index (χ4v) is 5.17. The van der Waals surface area contributed by atoms with Crippen LogP contribution in [0.25, 0.3) is 0 Å². The summed E-state index contributed by atoms with van der Waals surface area (Å²) in [5, 5.41) is 0.562. The molecule has 0 saturated heterocycles. The van der Waals surface area contributed by atoms with Crippen LogP contribution in [-0.4, -0.2) is 38.0 Å². The Hall–Kier alpha value is -2.96. The molecule has 3 aromatic carbocycles. The summed E-state index contributed by atoms with van der Waals surface area (Å²) >= 11 is 7.16. The molecule has 0 aliphatic heterocycles. The van der Waals surface area contributed by atoms with E-state index in [4.69, 9.17) is 21.1 Å². The van der Waals surface area contributed by atoms with Crippen LogP contribution in [0.4, 0.5) is 5.69 Å². The molecule has 5 nitrogen and oxygen atoms in total. The highest BCUT2D eigenvalue weighted by molar-refractivity contribution is 8.02. The molecule has 1 unspecified atom stereocenters. The van der Waals surface area contributed by atoms with E-state index in [1.54, 1.807) is 24.3 Å². The van der Waals surface area contributed by atoms with Gasteiger partial charge < -0.3 is 14.4 Å². The van der Waals surface area contributed by atoms with Crippen LogP contribution in [0.15, 0.2) is 83.8 Å². The van der Waals surface area contributed by atoms with Gasteiger partial charge in [0, 0.05) is 29.1 Å². The molecule has 1 atom stereocenters. The molecular weight excluding hydrogens is 470 g/mol. The zero-order valence-corrected chi connectivity index (χ0v) is 21.2. The van der Waals surface area contributed by atoms with Gasteiger partial charge in [-0.05, 0) is 48.9 Å². The Balaban J connectivity index is 2.12. The SMILES string of the molecule is COC(=O)C(CC(c1ccccc1)N(C)c1ccc(C)cc1)(Sc1ccc(Cl)cc1)C(=O)OC. The number of carbonyl (C=O) groups excluding carboxylic acids is 2. The Morgan fingerprint density at radius 3 is 2.00 bits per heavy atom. The standard InChI is InChI=1S/C27H28ClNO4S/c1-19-10-14-22(15-11-19)29(2)24(20-8-6-5-7-9-20)18-27(25(30)32-3,26(31)33-4)34-23-16-12-21(28)13-17-23/h5-17,24H,18H2,1-4H3. The molecule has 0 heterocycles. The van der Waals surface area contributed by atoms with Crippen LogP contribution in [0.3, 0.4) is 0 Å². The second-order valence-corrected chi connectivity index (χ2v) is 9.75. The van der Waals surface area contributed by atoms with E-state index in [-0.39, 0.29) is 12.5 Å². The molecular formula is C27H28ClNO4S. The summed E-state index contributed by atoms with van der Waals surface area (Å²) in [5.41, 5.74) is 3.06. The summed E-state index contributed by atoms with van der Waals surface area (Å²) in [7, 11) is 4.52. The van der Waals surface area contributed by atoms with Gasteiger partial charge in [-0.1, -0.05) is 71.4 Å². The maximum absolute atomic E-state index is 13.3. The summed E-state index contributed by atoms with van der Waals surface area (Å²) in [5.74, 6) is -1.34. The van der Waals surface area contributed by atoms with Gasteiger partial charge in [0.1, 0.15) is 0 Å². The number of halogens is 1. The zero-order valence-electron chi connectivity index (χ0n) is 19.7. The third kappa shape index (κ3) is 5.75. The highest BCUT2D eigenvalue weighted by Crippen LogP contribution is 2.44. The van der Waals surface area contributed by atoms with Crippen molar-refractivity contribution in [1.82, 2.24) is 0 Å². The van der Waals surface area contributed by atoms with Gasteiger partial charge in [0.25, 0.3) is 0 Å². The number of esters is 2. The lowest BCUT2D eigenvalue weighted by Crippen LogP contribution is -2.48. The van der Waals surface area contributed by atoms with Crippen LogP contribution in [0.5, 0.6) is 0 Å². The minimum atomic E-state index is -1.64. The van der Waals surface area contributed by atoms with Gasteiger partial charge in [-0.2, -0.15) is 0 Å². The number of rotatable bonds is 9. The lowest BCUT2D eigenvalue weighted by atomic mass is 9.92. The van der Waals surface area contributed by atoms with Gasteiger partial charge in [-0.25, -0.2) is 9.59 Å². The number of nitrogens with zero attached hydrogens (tertiary/aromatic N) is 1. The van der Waals surface area contributed by atoms with E-state index >= 15 is 0 Å². The lowest BCUT2D eigenvalue weighted by Gasteiger charge is -2.37. The molecule has 0 N–H and O–H groups in total. The largest absolute Gasteiger partial charge is 0.468 e. The van der Waals surface area contributed by atoms with Crippen LogP contribution in [0.2, 0.25) is 5.02 Å². The second-order valence-electron chi connectivity index (χ2n) is 7.94. The van der Waals surface area contributed by atoms with Gasteiger partial charge in [-0.3, -0.25) is 0 Å². The fourth-order valence-electron chi connectivity index (χ4n) is 3.79. The highest BCUT2D eigenvalue weighted by Gasteiger charge is 2.52. The Morgan fingerprint density at radius 1 is 0.912 bits per heavy atom. The number of methoxy groups -OCH3 is 2. The minimum absolute atomic E-state index is 0.119. The van der Waals surface area contributed by atoms with Crippen LogP contribution >= 0.6 is 23.4 Å². The number of benzene rings is 3. The first-order valence-electron chi connectivity index (χ1n) is 10.8. The number of thioether (sulfide) groups is 1. The van der Waals surface area contributed by atoms with E-state index in [1.165, 1.54) is 14.2 Å². The third-order valence-electron chi connectivity index (χ3n) is 5.71. The Morgan fingerprint density at radius 2 is 1.47 bits per heavy atom. The molecule has 0 saturated carbocycles. The van der Waals surface area contributed by atoms with E-state index in [2.05, 4.69) is 4.90 Å². The molecule has 0 radical (unpaired) electrons. The maximum atomic E-state index is 13.3. The molecule has 0 amide bonds. The van der Waals surface area contributed by atoms with Crippen molar-refractivity contribution in [3.63, 3.8) is 0 Å². The molecule has 0 aliphatic carbocycles. The number of anilines is 1. The van der Waals surface area contributed by atoms with Gasteiger partial charge in [0.05, 0.1) is 20.3 Å². The van der Waals surface area contributed by atoms with Gasteiger partial charge in [0.15, 0.2) is 0 Å². The molecule has 0 aliphatic rings. The van der Waals surface area contributed by atoms with Crippen molar-refractivity contribution in [3.8, 4) is 0 Å². The number of hydrogen-bond donors (Lipinski definition) is 0. The predicted molar refractivity (Wildman–Crippen MR) is 137 cm³/mol. The third-order valence-corrected chi connectivity index (χ3v) is 7.32. The Bertz CT molecular complexity index is 1090.